The molecule has 0 heterocycles. The second kappa shape index (κ2) is 3.81. The van der Waals surface area contributed by atoms with Crippen LogP contribution in [0.25, 0.3) is 10.8 Å². The number of nitrogens with zero attached hydrogens (tertiary/aromatic N) is 1. The quantitative estimate of drug-likeness (QED) is 0.684. The van der Waals surface area contributed by atoms with E-state index in [2.05, 4.69) is 0 Å². The van der Waals surface area contributed by atoms with Gasteiger partial charge in [0.2, 0.25) is 0 Å². The van der Waals surface area contributed by atoms with E-state index in [1.54, 1.807) is 30.3 Å². The zero-order chi connectivity index (χ0) is 10.8. The van der Waals surface area contributed by atoms with Gasteiger partial charge in [0.15, 0.2) is 0 Å². The Labute approximate surface area is 89.2 Å². The molecule has 3 nitrogen and oxygen atoms in total. The maximum Gasteiger partial charge on any atom is 0.0998 e. The van der Waals surface area contributed by atoms with Crippen LogP contribution in [-0.2, 0) is 11.1 Å². The van der Waals surface area contributed by atoms with Crippen molar-refractivity contribution in [1.29, 1.82) is 5.26 Å². The van der Waals surface area contributed by atoms with E-state index in [9.17, 15) is 8.76 Å². The van der Waals surface area contributed by atoms with Gasteiger partial charge in [0.05, 0.1) is 11.6 Å². The molecule has 2 rings (SSSR count). The van der Waals surface area contributed by atoms with Crippen molar-refractivity contribution < 1.29 is 8.76 Å². The molecule has 0 radical (unpaired) electrons. The Morgan fingerprint density at radius 2 is 1.80 bits per heavy atom. The van der Waals surface area contributed by atoms with Crippen molar-refractivity contribution in [2.75, 3.05) is 0 Å². The Bertz CT molecular complexity index is 587. The van der Waals surface area contributed by atoms with E-state index in [1.807, 2.05) is 6.07 Å². The molecule has 0 spiro atoms. The minimum absolute atomic E-state index is 0.226. The highest BCUT2D eigenvalue weighted by Crippen LogP contribution is 2.23. The summed E-state index contributed by atoms with van der Waals surface area (Å²) in [5.41, 5.74) is 0.486. The molecule has 15 heavy (non-hydrogen) atoms. The van der Waals surface area contributed by atoms with Gasteiger partial charge in [0.1, 0.15) is 0 Å². The number of fused-ring (bicyclic) bond motifs is 1. The third-order valence-corrected chi connectivity index (χ3v) is 2.90. The second-order valence-electron chi connectivity index (χ2n) is 3.00. The van der Waals surface area contributed by atoms with E-state index in [-0.39, 0.29) is 4.90 Å². The molecule has 2 aromatic rings. The molecule has 2 aromatic carbocycles. The van der Waals surface area contributed by atoms with Crippen molar-refractivity contribution in [3.63, 3.8) is 0 Å². The van der Waals surface area contributed by atoms with Crippen LogP contribution in [-0.4, -0.2) is 8.76 Å². The molecule has 0 aliphatic rings. The molecule has 1 unspecified atom stereocenters. The molecule has 0 fully saturated rings. The van der Waals surface area contributed by atoms with Crippen LogP contribution in [0.2, 0.25) is 0 Å². The van der Waals surface area contributed by atoms with Crippen LogP contribution in [0.5, 0.6) is 0 Å². The Kier molecular flexibility index (Phi) is 2.50. The first-order valence-electron chi connectivity index (χ1n) is 4.25. The highest BCUT2D eigenvalue weighted by molar-refractivity contribution is 7.79. The fraction of sp³-hybridized carbons (Fsp3) is 0. The van der Waals surface area contributed by atoms with Gasteiger partial charge in [-0.1, -0.05) is 24.3 Å². The second-order valence-corrected chi connectivity index (χ2v) is 3.91. The van der Waals surface area contributed by atoms with Crippen LogP contribution in [0.3, 0.4) is 0 Å². The normalized spacial score (nSPS) is 12.3. The van der Waals surface area contributed by atoms with Crippen LogP contribution in [0, 0.1) is 11.3 Å². The highest BCUT2D eigenvalue weighted by atomic mass is 32.2. The number of rotatable bonds is 1. The molecule has 1 atom stereocenters. The summed E-state index contributed by atoms with van der Waals surface area (Å²) in [6.07, 6.45) is 0. The topological polar surface area (TPSA) is 63.9 Å². The van der Waals surface area contributed by atoms with E-state index < -0.39 is 11.1 Å². The molecule has 74 valence electrons. The van der Waals surface area contributed by atoms with Gasteiger partial charge >= 0.3 is 0 Å². The average molecular weight is 216 g/mol. The van der Waals surface area contributed by atoms with Gasteiger partial charge in [-0.2, -0.15) is 5.26 Å². The third-order valence-electron chi connectivity index (χ3n) is 2.18. The van der Waals surface area contributed by atoms with Crippen molar-refractivity contribution >= 4 is 21.9 Å². The molecule has 4 heteroatoms. The summed E-state index contributed by atoms with van der Waals surface area (Å²) < 4.78 is 21.9. The zero-order valence-corrected chi connectivity index (χ0v) is 8.45. The average Bonchev–Trinajstić information content (AvgIpc) is 2.27. The first kappa shape index (κ1) is 9.84. The van der Waals surface area contributed by atoms with Gasteiger partial charge in [-0.3, -0.25) is 4.21 Å². The highest BCUT2D eigenvalue weighted by Gasteiger charge is 2.04. The number of hydrogen-bond acceptors (Lipinski definition) is 3. The Morgan fingerprint density at radius 1 is 1.13 bits per heavy atom. The summed E-state index contributed by atoms with van der Waals surface area (Å²) in [4.78, 5) is 0.226. The smallest absolute Gasteiger partial charge is 0.0998 e. The Morgan fingerprint density at radius 3 is 2.47 bits per heavy atom. The van der Waals surface area contributed by atoms with E-state index >= 15 is 0 Å². The molecule has 0 N–H and O–H groups in total. The molecule has 0 aromatic heterocycles. The van der Waals surface area contributed by atoms with Gasteiger partial charge in [-0.25, -0.2) is 0 Å². The van der Waals surface area contributed by atoms with E-state index in [0.29, 0.717) is 16.3 Å². The third kappa shape index (κ3) is 1.63. The first-order valence-corrected chi connectivity index (χ1v) is 5.32. The molecule has 0 saturated heterocycles. The summed E-state index contributed by atoms with van der Waals surface area (Å²) in [7, 11) is 0. The molecular weight excluding hydrogens is 210 g/mol. The van der Waals surface area contributed by atoms with E-state index in [1.165, 1.54) is 6.07 Å². The lowest BCUT2D eigenvalue weighted by Crippen LogP contribution is -1.91. The Balaban J connectivity index is 2.90. The van der Waals surface area contributed by atoms with Crippen molar-refractivity contribution in [2.24, 2.45) is 0 Å². The molecular formula is C11H6NO2S-. The largest absolute Gasteiger partial charge is 0.768 e. The zero-order valence-electron chi connectivity index (χ0n) is 7.64. The van der Waals surface area contributed by atoms with Crippen LogP contribution in [0.1, 0.15) is 5.56 Å². The predicted octanol–water partition coefficient (Wildman–Crippen LogP) is 1.95. The van der Waals surface area contributed by atoms with Gasteiger partial charge in [0, 0.05) is 10.3 Å². The van der Waals surface area contributed by atoms with Gasteiger partial charge in [0.25, 0.3) is 0 Å². The lowest BCUT2D eigenvalue weighted by molar-refractivity contribution is 0.538. The molecule has 0 saturated carbocycles. The fourth-order valence-electron chi connectivity index (χ4n) is 1.52. The van der Waals surface area contributed by atoms with Crippen LogP contribution >= 0.6 is 0 Å². The lowest BCUT2D eigenvalue weighted by atomic mass is 10.1. The monoisotopic (exact) mass is 216 g/mol. The molecule has 0 bridgehead atoms. The summed E-state index contributed by atoms with van der Waals surface area (Å²) in [5.74, 6) is 0. The van der Waals surface area contributed by atoms with Crippen molar-refractivity contribution in [3.8, 4) is 6.07 Å². The lowest BCUT2D eigenvalue weighted by Gasteiger charge is -2.09. The fourth-order valence-corrected chi connectivity index (χ4v) is 2.07. The van der Waals surface area contributed by atoms with Crippen molar-refractivity contribution in [1.82, 2.24) is 0 Å². The minimum Gasteiger partial charge on any atom is -0.768 e. The van der Waals surface area contributed by atoms with Gasteiger partial charge in [-0.05, 0) is 28.6 Å². The number of benzene rings is 2. The summed E-state index contributed by atoms with van der Waals surface area (Å²) in [6.45, 7) is 0. The maximum atomic E-state index is 10.9. The van der Waals surface area contributed by atoms with Crippen LogP contribution < -0.4 is 0 Å². The predicted molar refractivity (Wildman–Crippen MR) is 55.8 cm³/mol. The van der Waals surface area contributed by atoms with Crippen LogP contribution in [0.4, 0.5) is 0 Å². The molecule has 0 amide bonds. The van der Waals surface area contributed by atoms with E-state index in [4.69, 9.17) is 5.26 Å². The summed E-state index contributed by atoms with van der Waals surface area (Å²) in [6, 6.07) is 12.0. The minimum atomic E-state index is -2.27. The van der Waals surface area contributed by atoms with Crippen LogP contribution in [0.15, 0.2) is 41.3 Å². The number of nitriles is 1. The number of hydrogen-bond donors (Lipinski definition) is 0. The first-order chi connectivity index (χ1) is 7.24. The molecule has 0 aliphatic heterocycles. The van der Waals surface area contributed by atoms with Gasteiger partial charge < -0.3 is 4.55 Å². The van der Waals surface area contributed by atoms with Gasteiger partial charge in [-0.15, -0.1) is 0 Å². The van der Waals surface area contributed by atoms with E-state index in [0.717, 1.165) is 0 Å². The standard InChI is InChI=1S/C11H7NO2S/c12-7-8-3-1-5-10-9(8)4-2-6-11(10)15(13)14/h1-6H,(H,13,14)/p-1. The maximum absolute atomic E-state index is 10.9. The van der Waals surface area contributed by atoms with Crippen molar-refractivity contribution in [3.05, 3.63) is 42.0 Å². The summed E-state index contributed by atoms with van der Waals surface area (Å²) in [5, 5.41) is 10.1. The summed E-state index contributed by atoms with van der Waals surface area (Å²) >= 11 is -2.27. The Hall–Kier alpha value is -1.70. The SMILES string of the molecule is N#Cc1cccc2c(S(=O)[O-])cccc12. The van der Waals surface area contributed by atoms with Crippen molar-refractivity contribution in [2.45, 2.75) is 4.90 Å². The molecule has 0 aliphatic carbocycles.